The summed E-state index contributed by atoms with van der Waals surface area (Å²) in [5, 5.41) is 3.43. The lowest BCUT2D eigenvalue weighted by atomic mass is 10.1. The fourth-order valence-electron chi connectivity index (χ4n) is 1.67. The van der Waals surface area contributed by atoms with Crippen LogP contribution in [0.4, 0.5) is 0 Å². The molecule has 0 saturated heterocycles. The Bertz CT molecular complexity index is 400. The lowest BCUT2D eigenvalue weighted by Crippen LogP contribution is -2.19. The Kier molecular flexibility index (Phi) is 7.04. The molecule has 1 aromatic rings. The molecule has 0 radical (unpaired) electrons. The number of methoxy groups -OCH3 is 1. The van der Waals surface area contributed by atoms with Gasteiger partial charge in [-0.15, -0.1) is 0 Å². The van der Waals surface area contributed by atoms with Crippen molar-refractivity contribution >= 4 is 0 Å². The van der Waals surface area contributed by atoms with Gasteiger partial charge in [-0.1, -0.05) is 32.1 Å². The fraction of sp³-hybridized carbons (Fsp3) is 0.500. The van der Waals surface area contributed by atoms with E-state index in [-0.39, 0.29) is 0 Å². The largest absolute Gasteiger partial charge is 0.497 e. The SMILES string of the molecule is CC=CCOc1cc(OC)ccc1CNCC(C)C. The van der Waals surface area contributed by atoms with E-state index in [0.29, 0.717) is 12.5 Å². The van der Waals surface area contributed by atoms with Crippen molar-refractivity contribution in [3.05, 3.63) is 35.9 Å². The molecule has 0 saturated carbocycles. The molecule has 0 spiro atoms. The van der Waals surface area contributed by atoms with Crippen molar-refractivity contribution in [2.75, 3.05) is 20.3 Å². The first-order valence-corrected chi connectivity index (χ1v) is 6.79. The Balaban J connectivity index is 2.70. The maximum atomic E-state index is 5.77. The summed E-state index contributed by atoms with van der Waals surface area (Å²) in [6.45, 7) is 8.78. The predicted molar refractivity (Wildman–Crippen MR) is 79.8 cm³/mol. The van der Waals surface area contributed by atoms with Crippen molar-refractivity contribution in [3.63, 3.8) is 0 Å². The van der Waals surface area contributed by atoms with Crippen LogP contribution in [0.2, 0.25) is 0 Å². The van der Waals surface area contributed by atoms with E-state index in [1.807, 2.05) is 31.2 Å². The van der Waals surface area contributed by atoms with E-state index in [2.05, 4.69) is 25.2 Å². The summed E-state index contributed by atoms with van der Waals surface area (Å²) in [6, 6.07) is 5.96. The molecule has 0 fully saturated rings. The molecule has 0 aliphatic rings. The molecule has 0 aromatic heterocycles. The highest BCUT2D eigenvalue weighted by atomic mass is 16.5. The summed E-state index contributed by atoms with van der Waals surface area (Å²) < 4.78 is 11.0. The minimum absolute atomic E-state index is 0.584. The van der Waals surface area contributed by atoms with Crippen molar-refractivity contribution in [2.24, 2.45) is 5.92 Å². The Morgan fingerprint density at radius 2 is 2.11 bits per heavy atom. The average Bonchev–Trinajstić information content (AvgIpc) is 2.40. The van der Waals surface area contributed by atoms with Crippen LogP contribution in [-0.2, 0) is 6.54 Å². The van der Waals surface area contributed by atoms with Gasteiger partial charge < -0.3 is 14.8 Å². The van der Waals surface area contributed by atoms with Crippen LogP contribution in [0, 0.1) is 5.92 Å². The highest BCUT2D eigenvalue weighted by molar-refractivity contribution is 5.40. The molecule has 1 N–H and O–H groups in total. The third kappa shape index (κ3) is 5.79. The fourth-order valence-corrected chi connectivity index (χ4v) is 1.67. The van der Waals surface area contributed by atoms with Crippen LogP contribution in [-0.4, -0.2) is 20.3 Å². The van der Waals surface area contributed by atoms with Crippen molar-refractivity contribution < 1.29 is 9.47 Å². The molecular formula is C16H25NO2. The molecule has 0 amide bonds. The molecular weight excluding hydrogens is 238 g/mol. The van der Waals surface area contributed by atoms with Crippen LogP contribution < -0.4 is 14.8 Å². The number of ether oxygens (including phenoxy) is 2. The van der Waals surface area contributed by atoms with Crippen molar-refractivity contribution in [2.45, 2.75) is 27.3 Å². The number of benzene rings is 1. The molecule has 1 rings (SSSR count). The van der Waals surface area contributed by atoms with Gasteiger partial charge in [0.25, 0.3) is 0 Å². The second kappa shape index (κ2) is 8.59. The van der Waals surface area contributed by atoms with E-state index in [4.69, 9.17) is 9.47 Å². The van der Waals surface area contributed by atoms with E-state index in [9.17, 15) is 0 Å². The molecule has 3 nitrogen and oxygen atoms in total. The highest BCUT2D eigenvalue weighted by Crippen LogP contribution is 2.24. The lowest BCUT2D eigenvalue weighted by Gasteiger charge is -2.13. The molecule has 19 heavy (non-hydrogen) atoms. The Morgan fingerprint density at radius 3 is 2.74 bits per heavy atom. The Hall–Kier alpha value is -1.48. The number of allylic oxidation sites excluding steroid dienone is 1. The Labute approximate surface area is 116 Å². The van der Waals surface area contributed by atoms with Crippen LogP contribution in [0.25, 0.3) is 0 Å². The minimum atomic E-state index is 0.584. The van der Waals surface area contributed by atoms with Crippen LogP contribution in [0.5, 0.6) is 11.5 Å². The molecule has 0 aliphatic carbocycles. The molecule has 3 heteroatoms. The van der Waals surface area contributed by atoms with Gasteiger partial charge in [-0.25, -0.2) is 0 Å². The standard InChI is InChI=1S/C16H25NO2/c1-5-6-9-19-16-10-15(18-4)8-7-14(16)12-17-11-13(2)3/h5-8,10,13,17H,9,11-12H2,1-4H3. The van der Waals surface area contributed by atoms with Crippen LogP contribution in [0.1, 0.15) is 26.3 Å². The van der Waals surface area contributed by atoms with Gasteiger partial charge in [0.2, 0.25) is 0 Å². The van der Waals surface area contributed by atoms with Gasteiger partial charge in [0.1, 0.15) is 18.1 Å². The Morgan fingerprint density at radius 1 is 1.32 bits per heavy atom. The second-order valence-electron chi connectivity index (χ2n) is 4.88. The smallest absolute Gasteiger partial charge is 0.127 e. The minimum Gasteiger partial charge on any atom is -0.497 e. The van der Waals surface area contributed by atoms with E-state index in [1.54, 1.807) is 7.11 Å². The first kappa shape index (κ1) is 15.6. The molecule has 0 bridgehead atoms. The zero-order valence-corrected chi connectivity index (χ0v) is 12.4. The molecule has 106 valence electrons. The van der Waals surface area contributed by atoms with Gasteiger partial charge in [0.05, 0.1) is 7.11 Å². The normalized spacial score (nSPS) is 11.2. The number of hydrogen-bond donors (Lipinski definition) is 1. The van der Waals surface area contributed by atoms with Crippen LogP contribution >= 0.6 is 0 Å². The van der Waals surface area contributed by atoms with Crippen molar-refractivity contribution in [1.29, 1.82) is 0 Å². The third-order valence-corrected chi connectivity index (χ3v) is 2.71. The van der Waals surface area contributed by atoms with E-state index >= 15 is 0 Å². The average molecular weight is 263 g/mol. The monoisotopic (exact) mass is 263 g/mol. The topological polar surface area (TPSA) is 30.5 Å². The molecule has 0 aliphatic heterocycles. The number of hydrogen-bond acceptors (Lipinski definition) is 3. The molecule has 0 atom stereocenters. The van der Waals surface area contributed by atoms with Gasteiger partial charge in [0.15, 0.2) is 0 Å². The van der Waals surface area contributed by atoms with E-state index < -0.39 is 0 Å². The maximum Gasteiger partial charge on any atom is 0.127 e. The van der Waals surface area contributed by atoms with Crippen LogP contribution in [0.3, 0.4) is 0 Å². The molecule has 1 aromatic carbocycles. The molecule has 0 unspecified atom stereocenters. The van der Waals surface area contributed by atoms with Gasteiger partial charge >= 0.3 is 0 Å². The van der Waals surface area contributed by atoms with Gasteiger partial charge in [-0.3, -0.25) is 0 Å². The third-order valence-electron chi connectivity index (χ3n) is 2.71. The van der Waals surface area contributed by atoms with Gasteiger partial charge in [0, 0.05) is 18.2 Å². The van der Waals surface area contributed by atoms with Crippen molar-refractivity contribution in [3.8, 4) is 11.5 Å². The maximum absolute atomic E-state index is 5.77. The summed E-state index contributed by atoms with van der Waals surface area (Å²) in [5.74, 6) is 2.35. The lowest BCUT2D eigenvalue weighted by molar-refractivity contribution is 0.351. The predicted octanol–water partition coefficient (Wildman–Crippen LogP) is 3.40. The first-order valence-electron chi connectivity index (χ1n) is 6.79. The van der Waals surface area contributed by atoms with Gasteiger partial charge in [-0.2, -0.15) is 0 Å². The zero-order chi connectivity index (χ0) is 14.1. The molecule has 0 heterocycles. The quantitative estimate of drug-likeness (QED) is 0.729. The van der Waals surface area contributed by atoms with Gasteiger partial charge in [-0.05, 0) is 25.5 Å². The second-order valence-corrected chi connectivity index (χ2v) is 4.88. The summed E-state index contributed by atoms with van der Waals surface area (Å²) in [7, 11) is 1.67. The zero-order valence-electron chi connectivity index (χ0n) is 12.4. The first-order chi connectivity index (χ1) is 9.17. The summed E-state index contributed by atoms with van der Waals surface area (Å²) >= 11 is 0. The highest BCUT2D eigenvalue weighted by Gasteiger charge is 2.05. The van der Waals surface area contributed by atoms with Crippen molar-refractivity contribution in [1.82, 2.24) is 5.32 Å². The van der Waals surface area contributed by atoms with E-state index in [1.165, 1.54) is 0 Å². The summed E-state index contributed by atoms with van der Waals surface area (Å²) in [6.07, 6.45) is 3.97. The summed E-state index contributed by atoms with van der Waals surface area (Å²) in [4.78, 5) is 0. The summed E-state index contributed by atoms with van der Waals surface area (Å²) in [5.41, 5.74) is 1.16. The number of rotatable bonds is 8. The number of nitrogens with one attached hydrogen (secondary N) is 1. The van der Waals surface area contributed by atoms with E-state index in [0.717, 1.165) is 30.2 Å². The van der Waals surface area contributed by atoms with Crippen LogP contribution in [0.15, 0.2) is 30.4 Å².